The van der Waals surface area contributed by atoms with Gasteiger partial charge in [0.05, 0.1) is 30.1 Å². The first-order valence-corrected chi connectivity index (χ1v) is 23.7. The van der Waals surface area contributed by atoms with E-state index < -0.39 is 134 Å². The van der Waals surface area contributed by atoms with E-state index in [1.807, 2.05) is 0 Å². The Morgan fingerprint density at radius 2 is 1.39 bits per heavy atom. The molecule has 23 atom stereocenters. The van der Waals surface area contributed by atoms with Crippen LogP contribution in [-0.2, 0) is 42.8 Å². The molecule has 8 aliphatic rings. The maximum absolute atomic E-state index is 13.8. The second-order valence-corrected chi connectivity index (χ2v) is 22.7. The number of allylic oxidation sites excluding steroid dienone is 2. The average molecular weight is 941 g/mol. The number of hydrogen-bond acceptors (Lipinski definition) is 17. The molecule has 7 fully saturated rings. The van der Waals surface area contributed by atoms with Crippen molar-refractivity contribution in [2.75, 3.05) is 13.2 Å². The van der Waals surface area contributed by atoms with Crippen LogP contribution in [0.3, 0.4) is 0 Å². The average Bonchev–Trinajstić information content (AvgIpc) is 3.26. The van der Waals surface area contributed by atoms with Gasteiger partial charge in [-0.2, -0.15) is 0 Å². The number of carboxylic acid groups (broad SMARTS) is 2. The van der Waals surface area contributed by atoms with Crippen molar-refractivity contribution in [3.63, 3.8) is 0 Å². The zero-order valence-electron chi connectivity index (χ0n) is 38.7. The van der Waals surface area contributed by atoms with E-state index in [9.17, 15) is 65.4 Å². The van der Waals surface area contributed by atoms with Gasteiger partial charge in [0.2, 0.25) is 0 Å². The molecule has 5 aliphatic carbocycles. The van der Waals surface area contributed by atoms with E-state index in [1.54, 1.807) is 6.92 Å². The van der Waals surface area contributed by atoms with Gasteiger partial charge in [-0.3, -0.25) is 4.79 Å². The van der Waals surface area contributed by atoms with E-state index in [-0.39, 0.29) is 40.4 Å². The van der Waals surface area contributed by atoms with Gasteiger partial charge in [-0.25, -0.2) is 4.79 Å². The molecule has 374 valence electrons. The maximum Gasteiger partial charge on any atom is 0.335 e. The number of ether oxygens (including phenoxy) is 6. The molecule has 0 amide bonds. The fourth-order valence-electron chi connectivity index (χ4n) is 14.7. The van der Waals surface area contributed by atoms with Gasteiger partial charge in [0, 0.05) is 0 Å². The highest BCUT2D eigenvalue weighted by Crippen LogP contribution is 2.76. The van der Waals surface area contributed by atoms with Crippen molar-refractivity contribution in [2.24, 2.45) is 50.2 Å². The van der Waals surface area contributed by atoms with Gasteiger partial charge in [-0.05, 0) is 104 Å². The highest BCUT2D eigenvalue weighted by Gasteiger charge is 2.70. The van der Waals surface area contributed by atoms with Crippen LogP contribution >= 0.6 is 0 Å². The molecule has 4 saturated carbocycles. The molecule has 10 N–H and O–H groups in total. The van der Waals surface area contributed by atoms with Gasteiger partial charge < -0.3 is 84.3 Å². The summed E-state index contributed by atoms with van der Waals surface area (Å²) in [6, 6.07) is 0. The largest absolute Gasteiger partial charge is 0.481 e. The van der Waals surface area contributed by atoms with Crippen LogP contribution in [0.4, 0.5) is 0 Å². The number of carbonyl (C=O) groups excluding carboxylic acids is 1. The van der Waals surface area contributed by atoms with E-state index >= 15 is 0 Å². The number of aldehydes is 1. The zero-order chi connectivity index (χ0) is 48.3. The van der Waals surface area contributed by atoms with Crippen LogP contribution < -0.4 is 0 Å². The van der Waals surface area contributed by atoms with Crippen molar-refractivity contribution < 1.29 is 93.9 Å². The Labute approximate surface area is 384 Å². The van der Waals surface area contributed by atoms with Crippen molar-refractivity contribution in [3.05, 3.63) is 11.6 Å². The van der Waals surface area contributed by atoms with E-state index in [2.05, 4.69) is 40.7 Å². The van der Waals surface area contributed by atoms with Crippen molar-refractivity contribution in [2.45, 2.75) is 198 Å². The topological polar surface area (TPSA) is 309 Å². The van der Waals surface area contributed by atoms with Crippen molar-refractivity contribution >= 4 is 18.2 Å². The summed E-state index contributed by atoms with van der Waals surface area (Å²) in [5, 5.41) is 106. The van der Waals surface area contributed by atoms with Crippen molar-refractivity contribution in [1.29, 1.82) is 0 Å². The fraction of sp³-hybridized carbons (Fsp3) is 0.894. The first-order chi connectivity index (χ1) is 30.8. The first kappa shape index (κ1) is 50.2. The molecule has 19 heteroatoms. The number of aliphatic hydroxyl groups excluding tert-OH is 8. The third kappa shape index (κ3) is 7.65. The minimum atomic E-state index is -2.12. The standard InChI is InChI=1S/C47H72O19/c1-42(2)13-15-47(41(59)60)16-14-45(5)21(22(47)17-42)7-8-26-43(3)11-10-27(44(4,20-49)25(43)9-12-46(26,45)6)63-40-36(66-39-32(55)30(53)29(52)24(18-48)62-39)34(33(56)35(65-40)37(57)58)64-38-31(54)28(51)23(50)19-61-38/h7,20,22-36,38-40,48,50-56H,8-19H2,1-6H3,(H,57,58)(H,59,60)/t22-,23+,24+,25+,26-,27-,28+,29-,30+,31+,32+,33-,34+,35-,36+,38-,39-,40+,43-,44-,45+,46+,47-/m0/s1. The van der Waals surface area contributed by atoms with Gasteiger partial charge in [0.25, 0.3) is 0 Å². The summed E-state index contributed by atoms with van der Waals surface area (Å²) in [6.45, 7) is 11.8. The summed E-state index contributed by atoms with van der Waals surface area (Å²) in [7, 11) is 0. The number of aliphatic carboxylic acids is 2. The number of carboxylic acids is 2. The first-order valence-electron chi connectivity index (χ1n) is 23.7. The third-order valence-electron chi connectivity index (χ3n) is 18.9. The molecule has 0 spiro atoms. The van der Waals surface area contributed by atoms with Gasteiger partial charge in [-0.1, -0.05) is 53.2 Å². The highest BCUT2D eigenvalue weighted by atomic mass is 16.8. The van der Waals surface area contributed by atoms with Crippen LogP contribution in [0, 0.1) is 50.2 Å². The lowest BCUT2D eigenvalue weighted by Gasteiger charge is -2.71. The maximum atomic E-state index is 13.8. The highest BCUT2D eigenvalue weighted by molar-refractivity contribution is 5.77. The molecule has 0 aromatic heterocycles. The Morgan fingerprint density at radius 1 is 0.727 bits per heavy atom. The quantitative estimate of drug-likeness (QED) is 0.0815. The normalized spacial score (nSPS) is 53.5. The molecule has 19 nitrogen and oxygen atoms in total. The number of fused-ring (bicyclic) bond motifs is 7. The summed E-state index contributed by atoms with van der Waals surface area (Å²) in [6.07, 6.45) is -17.0. The summed E-state index contributed by atoms with van der Waals surface area (Å²) >= 11 is 0. The minimum absolute atomic E-state index is 0.000855. The molecule has 0 radical (unpaired) electrons. The van der Waals surface area contributed by atoms with E-state index in [0.717, 1.165) is 32.0 Å². The second kappa shape index (κ2) is 17.6. The van der Waals surface area contributed by atoms with E-state index in [4.69, 9.17) is 28.4 Å². The van der Waals surface area contributed by atoms with Crippen LogP contribution in [0.25, 0.3) is 0 Å². The molecular formula is C47H72O19. The van der Waals surface area contributed by atoms with Crippen LogP contribution in [0.5, 0.6) is 0 Å². The number of aliphatic hydroxyl groups is 8. The van der Waals surface area contributed by atoms with E-state index in [1.165, 1.54) is 5.57 Å². The predicted molar refractivity (Wildman–Crippen MR) is 226 cm³/mol. The number of rotatable bonds is 10. The molecule has 8 rings (SSSR count). The summed E-state index contributed by atoms with van der Waals surface area (Å²) in [5.41, 5.74) is -1.72. The predicted octanol–water partition coefficient (Wildman–Crippen LogP) is 0.617. The minimum Gasteiger partial charge on any atom is -0.481 e. The van der Waals surface area contributed by atoms with Gasteiger partial charge in [0.15, 0.2) is 25.0 Å². The Morgan fingerprint density at radius 3 is 2.05 bits per heavy atom. The Balaban J connectivity index is 1.12. The molecule has 3 saturated heterocycles. The van der Waals surface area contributed by atoms with Crippen LogP contribution in [0.15, 0.2) is 11.6 Å². The van der Waals surface area contributed by atoms with Crippen LogP contribution in [0.1, 0.15) is 106 Å². The second-order valence-electron chi connectivity index (χ2n) is 22.7. The lowest BCUT2D eigenvalue weighted by Crippen LogP contribution is -2.68. The SMILES string of the molecule is CC1(C)CC[C@]2(C(=O)O)CC[C@]3(C)C(=CC[C@H]4[C@@]5(C)CC[C@H](O[C@@H]6O[C@H](C(=O)O)[C@@H](O)[C@@H](O[C@@H]7OC[C@@H](O)[C@@H](O)[C@H]7O)[C@H]6O[C@@H]6O[C@H](CO)[C@H](O)[C@@H](O)[C@H]6O)[C@@](C)(C=O)[C@@H]5CC[C@]43C)[C@@H]2C1. The van der Waals surface area contributed by atoms with Gasteiger partial charge in [-0.15, -0.1) is 0 Å². The fourth-order valence-corrected chi connectivity index (χ4v) is 14.7. The molecule has 3 heterocycles. The Bertz CT molecular complexity index is 1880. The molecule has 66 heavy (non-hydrogen) atoms. The van der Waals surface area contributed by atoms with Crippen LogP contribution in [0.2, 0.25) is 0 Å². The Hall–Kier alpha value is -2.21. The number of hydrogen-bond donors (Lipinski definition) is 10. The monoisotopic (exact) mass is 940 g/mol. The number of carbonyl (C=O) groups is 3. The molecular weight excluding hydrogens is 868 g/mol. The lowest BCUT2D eigenvalue weighted by molar-refractivity contribution is -0.391. The third-order valence-corrected chi connectivity index (χ3v) is 18.9. The van der Waals surface area contributed by atoms with Gasteiger partial charge in [0.1, 0.15) is 67.3 Å². The lowest BCUT2D eigenvalue weighted by atomic mass is 9.33. The van der Waals surface area contributed by atoms with E-state index in [0.29, 0.717) is 32.1 Å². The van der Waals surface area contributed by atoms with Gasteiger partial charge >= 0.3 is 11.9 Å². The molecule has 0 unspecified atom stereocenters. The van der Waals surface area contributed by atoms with Crippen LogP contribution in [-0.4, -0.2) is 175 Å². The molecule has 3 aliphatic heterocycles. The smallest absolute Gasteiger partial charge is 0.335 e. The molecule has 0 bridgehead atoms. The Kier molecular flexibility index (Phi) is 13.4. The summed E-state index contributed by atoms with van der Waals surface area (Å²) in [5.74, 6) is -2.62. The molecule has 0 aromatic rings. The van der Waals surface area contributed by atoms with Crippen molar-refractivity contribution in [3.8, 4) is 0 Å². The summed E-state index contributed by atoms with van der Waals surface area (Å²) < 4.78 is 35.9. The van der Waals surface area contributed by atoms with Crippen molar-refractivity contribution in [1.82, 2.24) is 0 Å². The summed E-state index contributed by atoms with van der Waals surface area (Å²) in [4.78, 5) is 39.7. The molecule has 0 aromatic carbocycles. The zero-order valence-corrected chi connectivity index (χ0v) is 38.7.